The van der Waals surface area contributed by atoms with Gasteiger partial charge in [0, 0.05) is 6.54 Å². The van der Waals surface area contributed by atoms with E-state index >= 15 is 0 Å². The third-order valence-electron chi connectivity index (χ3n) is 2.84. The number of allylic oxidation sites excluding steroid dienone is 1. The predicted molar refractivity (Wildman–Crippen MR) is 61.0 cm³/mol. The normalized spacial score (nSPS) is 18.9. The standard InChI is InChI=1S/C12H19NO3/c1-10(14)4-3-7-13-8-5-11(6-9-13)12(15)16-2/h3-4,11H,5-9H2,1-2H3/b4-3+. The molecule has 16 heavy (non-hydrogen) atoms. The Morgan fingerprint density at radius 1 is 1.38 bits per heavy atom. The van der Waals surface area contributed by atoms with Crippen LogP contribution in [0.1, 0.15) is 19.8 Å². The van der Waals surface area contributed by atoms with Crippen molar-refractivity contribution in [1.29, 1.82) is 0 Å². The third-order valence-corrected chi connectivity index (χ3v) is 2.84. The highest BCUT2D eigenvalue weighted by molar-refractivity contribution is 5.87. The van der Waals surface area contributed by atoms with Crippen LogP contribution in [0.2, 0.25) is 0 Å². The van der Waals surface area contributed by atoms with Crippen LogP contribution < -0.4 is 0 Å². The highest BCUT2D eigenvalue weighted by Crippen LogP contribution is 2.17. The Bertz CT molecular complexity index is 278. The highest BCUT2D eigenvalue weighted by Gasteiger charge is 2.24. The van der Waals surface area contributed by atoms with Gasteiger partial charge in [-0.05, 0) is 38.9 Å². The van der Waals surface area contributed by atoms with Gasteiger partial charge >= 0.3 is 5.97 Å². The molecule has 1 saturated heterocycles. The summed E-state index contributed by atoms with van der Waals surface area (Å²) in [4.78, 5) is 24.2. The summed E-state index contributed by atoms with van der Waals surface area (Å²) in [5.74, 6) is 0.0291. The lowest BCUT2D eigenvalue weighted by atomic mass is 9.97. The molecular weight excluding hydrogens is 206 g/mol. The average molecular weight is 225 g/mol. The van der Waals surface area contributed by atoms with E-state index in [4.69, 9.17) is 4.74 Å². The topological polar surface area (TPSA) is 46.6 Å². The second kappa shape index (κ2) is 6.43. The van der Waals surface area contributed by atoms with Gasteiger partial charge in [0.25, 0.3) is 0 Å². The first-order valence-electron chi connectivity index (χ1n) is 5.60. The van der Waals surface area contributed by atoms with Gasteiger partial charge in [-0.15, -0.1) is 0 Å². The van der Waals surface area contributed by atoms with Crippen LogP contribution in [0.25, 0.3) is 0 Å². The largest absolute Gasteiger partial charge is 0.469 e. The maximum Gasteiger partial charge on any atom is 0.308 e. The minimum atomic E-state index is -0.0982. The minimum absolute atomic E-state index is 0.0537. The Morgan fingerprint density at radius 2 is 2.00 bits per heavy atom. The molecule has 0 radical (unpaired) electrons. The first kappa shape index (κ1) is 12.9. The van der Waals surface area contributed by atoms with E-state index in [0.29, 0.717) is 0 Å². The number of ketones is 1. The molecule has 0 aromatic carbocycles. The summed E-state index contributed by atoms with van der Waals surface area (Å²) in [6.07, 6.45) is 5.16. The fourth-order valence-electron chi connectivity index (χ4n) is 1.89. The van der Waals surface area contributed by atoms with Gasteiger partial charge in [-0.1, -0.05) is 6.08 Å². The molecule has 4 nitrogen and oxygen atoms in total. The maximum atomic E-state index is 11.3. The van der Waals surface area contributed by atoms with E-state index in [1.165, 1.54) is 7.11 Å². The van der Waals surface area contributed by atoms with Gasteiger partial charge in [0.15, 0.2) is 5.78 Å². The summed E-state index contributed by atoms with van der Waals surface area (Å²) in [6, 6.07) is 0. The van der Waals surface area contributed by atoms with E-state index in [9.17, 15) is 9.59 Å². The van der Waals surface area contributed by atoms with Gasteiger partial charge in [-0.3, -0.25) is 14.5 Å². The first-order chi connectivity index (χ1) is 7.63. The molecule has 0 unspecified atom stereocenters. The number of hydrogen-bond acceptors (Lipinski definition) is 4. The molecule has 0 spiro atoms. The molecule has 1 aliphatic heterocycles. The maximum absolute atomic E-state index is 11.3. The van der Waals surface area contributed by atoms with Crippen LogP contribution in [0.4, 0.5) is 0 Å². The molecular formula is C12H19NO3. The summed E-state index contributed by atoms with van der Waals surface area (Å²) < 4.78 is 4.72. The molecule has 0 bridgehead atoms. The molecule has 0 aromatic rings. The van der Waals surface area contributed by atoms with Crippen molar-refractivity contribution in [2.24, 2.45) is 5.92 Å². The number of likely N-dealkylation sites (tertiary alicyclic amines) is 1. The molecule has 4 heteroatoms. The number of piperidine rings is 1. The molecule has 0 atom stereocenters. The Labute approximate surface area is 96.3 Å². The second-order valence-electron chi connectivity index (χ2n) is 4.11. The van der Waals surface area contributed by atoms with Crippen LogP contribution in [0.15, 0.2) is 12.2 Å². The fourth-order valence-corrected chi connectivity index (χ4v) is 1.89. The summed E-state index contributed by atoms with van der Waals surface area (Å²) >= 11 is 0. The Balaban J connectivity index is 2.27. The summed E-state index contributed by atoms with van der Waals surface area (Å²) in [5, 5.41) is 0. The molecule has 0 amide bonds. The Kier molecular flexibility index (Phi) is 5.19. The zero-order valence-electron chi connectivity index (χ0n) is 9.94. The van der Waals surface area contributed by atoms with Crippen molar-refractivity contribution in [2.75, 3.05) is 26.7 Å². The van der Waals surface area contributed by atoms with Crippen molar-refractivity contribution in [1.82, 2.24) is 4.90 Å². The van der Waals surface area contributed by atoms with Crippen LogP contribution >= 0.6 is 0 Å². The van der Waals surface area contributed by atoms with Crippen molar-refractivity contribution < 1.29 is 14.3 Å². The molecule has 0 N–H and O–H groups in total. The number of rotatable bonds is 4. The molecule has 1 heterocycles. The number of carbonyl (C=O) groups excluding carboxylic acids is 2. The minimum Gasteiger partial charge on any atom is -0.469 e. The van der Waals surface area contributed by atoms with Crippen LogP contribution in [0.5, 0.6) is 0 Å². The molecule has 1 fully saturated rings. The zero-order valence-corrected chi connectivity index (χ0v) is 9.94. The van der Waals surface area contributed by atoms with Crippen LogP contribution in [-0.2, 0) is 14.3 Å². The lowest BCUT2D eigenvalue weighted by molar-refractivity contribution is -0.147. The molecule has 0 saturated carbocycles. The van der Waals surface area contributed by atoms with Crippen molar-refractivity contribution in [3.63, 3.8) is 0 Å². The van der Waals surface area contributed by atoms with Gasteiger partial charge < -0.3 is 4.74 Å². The smallest absolute Gasteiger partial charge is 0.308 e. The molecule has 1 aliphatic rings. The zero-order chi connectivity index (χ0) is 12.0. The Morgan fingerprint density at radius 3 is 2.50 bits per heavy atom. The number of esters is 1. The van der Waals surface area contributed by atoms with Crippen molar-refractivity contribution >= 4 is 11.8 Å². The van der Waals surface area contributed by atoms with E-state index in [1.54, 1.807) is 13.0 Å². The van der Waals surface area contributed by atoms with Gasteiger partial charge in [0.05, 0.1) is 13.0 Å². The molecule has 0 aromatic heterocycles. The van der Waals surface area contributed by atoms with E-state index in [2.05, 4.69) is 4.90 Å². The quantitative estimate of drug-likeness (QED) is 0.529. The number of carbonyl (C=O) groups is 2. The summed E-state index contributed by atoms with van der Waals surface area (Å²) in [6.45, 7) is 4.11. The van der Waals surface area contributed by atoms with Gasteiger partial charge in [-0.25, -0.2) is 0 Å². The third kappa shape index (κ3) is 4.14. The van der Waals surface area contributed by atoms with E-state index in [0.717, 1.165) is 32.5 Å². The van der Waals surface area contributed by atoms with Crippen molar-refractivity contribution in [3.8, 4) is 0 Å². The first-order valence-corrected chi connectivity index (χ1v) is 5.60. The number of methoxy groups -OCH3 is 1. The van der Waals surface area contributed by atoms with Crippen LogP contribution in [0, 0.1) is 5.92 Å². The van der Waals surface area contributed by atoms with E-state index in [1.807, 2.05) is 6.08 Å². The van der Waals surface area contributed by atoms with Gasteiger partial charge in [0.2, 0.25) is 0 Å². The molecule has 90 valence electrons. The lowest BCUT2D eigenvalue weighted by Gasteiger charge is -2.29. The monoisotopic (exact) mass is 225 g/mol. The number of hydrogen-bond donors (Lipinski definition) is 0. The summed E-state index contributed by atoms with van der Waals surface area (Å²) in [5.41, 5.74) is 0. The average Bonchev–Trinajstić information content (AvgIpc) is 2.28. The van der Waals surface area contributed by atoms with Gasteiger partial charge in [0.1, 0.15) is 0 Å². The fraction of sp³-hybridized carbons (Fsp3) is 0.667. The van der Waals surface area contributed by atoms with E-state index < -0.39 is 0 Å². The van der Waals surface area contributed by atoms with Crippen molar-refractivity contribution in [3.05, 3.63) is 12.2 Å². The number of nitrogens with zero attached hydrogens (tertiary/aromatic N) is 1. The Hall–Kier alpha value is -1.16. The second-order valence-corrected chi connectivity index (χ2v) is 4.11. The van der Waals surface area contributed by atoms with Crippen molar-refractivity contribution in [2.45, 2.75) is 19.8 Å². The number of ether oxygens (including phenoxy) is 1. The SMILES string of the molecule is COC(=O)C1CCN(C/C=C/C(C)=O)CC1. The lowest BCUT2D eigenvalue weighted by Crippen LogP contribution is -2.36. The molecule has 1 rings (SSSR count). The predicted octanol–water partition coefficient (Wildman–Crippen LogP) is 1.02. The highest BCUT2D eigenvalue weighted by atomic mass is 16.5. The van der Waals surface area contributed by atoms with Crippen LogP contribution in [-0.4, -0.2) is 43.4 Å². The summed E-state index contributed by atoms with van der Waals surface area (Å²) in [7, 11) is 1.43. The van der Waals surface area contributed by atoms with Gasteiger partial charge in [-0.2, -0.15) is 0 Å². The molecule has 0 aliphatic carbocycles. The van der Waals surface area contributed by atoms with Crippen LogP contribution in [0.3, 0.4) is 0 Å². The van der Waals surface area contributed by atoms with E-state index in [-0.39, 0.29) is 17.7 Å².